The van der Waals surface area contributed by atoms with Gasteiger partial charge in [-0.3, -0.25) is 4.79 Å². The topological polar surface area (TPSA) is 55.8 Å². The zero-order valence-electron chi connectivity index (χ0n) is 15.5. The number of rotatable bonds is 9. The van der Waals surface area contributed by atoms with Gasteiger partial charge < -0.3 is 14.6 Å². The summed E-state index contributed by atoms with van der Waals surface area (Å²) < 4.78 is 11.2. The molecule has 2 rings (SSSR count). The lowest BCUT2D eigenvalue weighted by Crippen LogP contribution is -2.22. The first-order chi connectivity index (χ1) is 12.0. The number of benzene rings is 1. The molecule has 0 radical (unpaired) electrons. The highest BCUT2D eigenvalue weighted by atomic mass is 32.2. The summed E-state index contributed by atoms with van der Waals surface area (Å²) in [4.78, 5) is 13.1. The third-order valence-electron chi connectivity index (χ3n) is 4.68. The molecule has 4 nitrogen and oxygen atoms in total. The summed E-state index contributed by atoms with van der Waals surface area (Å²) in [7, 11) is 1.47. The van der Waals surface area contributed by atoms with Crippen LogP contribution in [0.3, 0.4) is 0 Å². The average molecular weight is 367 g/mol. The van der Waals surface area contributed by atoms with Crippen LogP contribution < -0.4 is 4.74 Å². The normalized spacial score (nSPS) is 21.1. The first-order valence-corrected chi connectivity index (χ1v) is 10.1. The van der Waals surface area contributed by atoms with Crippen molar-refractivity contribution in [3.05, 3.63) is 23.8 Å². The molecular formula is C20H30O4S. The van der Waals surface area contributed by atoms with E-state index in [1.807, 2.05) is 0 Å². The van der Waals surface area contributed by atoms with Crippen LogP contribution >= 0.6 is 11.8 Å². The SMILES string of the molecule is COC(=O)[C@H]1CCC[C@@H]1Sc1ccc(C)cc1O[C@H](C)CCCCO. The van der Waals surface area contributed by atoms with Gasteiger partial charge in [0.1, 0.15) is 5.75 Å². The van der Waals surface area contributed by atoms with E-state index in [2.05, 4.69) is 32.0 Å². The van der Waals surface area contributed by atoms with E-state index in [0.29, 0.717) is 0 Å². The van der Waals surface area contributed by atoms with E-state index in [0.717, 1.165) is 54.7 Å². The highest BCUT2D eigenvalue weighted by molar-refractivity contribution is 8.00. The standard InChI is InChI=1S/C20H30O4S/c1-14-10-11-19(17(13-14)24-15(2)7-4-5-12-21)25-18-9-6-8-16(18)20(22)23-3/h10-11,13,15-16,18,21H,4-9,12H2,1-3H3/t15-,16+,18+/m1/s1. The second-order valence-electron chi connectivity index (χ2n) is 6.81. The quantitative estimate of drug-likeness (QED) is 0.520. The fourth-order valence-corrected chi connectivity index (χ4v) is 4.67. The first-order valence-electron chi connectivity index (χ1n) is 9.17. The minimum absolute atomic E-state index is 0.0221. The van der Waals surface area contributed by atoms with E-state index < -0.39 is 0 Å². The monoisotopic (exact) mass is 366 g/mol. The fraction of sp³-hybridized carbons (Fsp3) is 0.650. The molecule has 1 saturated carbocycles. The van der Waals surface area contributed by atoms with Crippen molar-refractivity contribution >= 4 is 17.7 Å². The molecule has 0 saturated heterocycles. The van der Waals surface area contributed by atoms with Crippen LogP contribution in [0, 0.1) is 12.8 Å². The Hall–Kier alpha value is -1.20. The third-order valence-corrected chi connectivity index (χ3v) is 6.14. The Morgan fingerprint density at radius 1 is 1.36 bits per heavy atom. The van der Waals surface area contributed by atoms with Gasteiger partial charge in [-0.25, -0.2) is 0 Å². The number of hydrogen-bond donors (Lipinski definition) is 1. The molecule has 25 heavy (non-hydrogen) atoms. The lowest BCUT2D eigenvalue weighted by atomic mass is 10.1. The predicted octanol–water partition coefficient (Wildman–Crippen LogP) is 4.36. The van der Waals surface area contributed by atoms with Gasteiger partial charge in [-0.1, -0.05) is 12.5 Å². The molecule has 0 aliphatic heterocycles. The van der Waals surface area contributed by atoms with Crippen molar-refractivity contribution in [2.75, 3.05) is 13.7 Å². The Morgan fingerprint density at radius 2 is 2.16 bits per heavy atom. The van der Waals surface area contributed by atoms with Gasteiger partial charge in [0, 0.05) is 16.8 Å². The Kier molecular flexibility index (Phi) is 8.10. The van der Waals surface area contributed by atoms with E-state index in [1.165, 1.54) is 7.11 Å². The van der Waals surface area contributed by atoms with Crippen molar-refractivity contribution in [3.63, 3.8) is 0 Å². The summed E-state index contributed by atoms with van der Waals surface area (Å²) in [6, 6.07) is 6.27. The maximum atomic E-state index is 12.0. The summed E-state index contributed by atoms with van der Waals surface area (Å²) in [5.74, 6) is 0.782. The van der Waals surface area contributed by atoms with E-state index >= 15 is 0 Å². The Labute approximate surface area is 155 Å². The molecule has 0 unspecified atom stereocenters. The summed E-state index contributed by atoms with van der Waals surface area (Å²) in [5.41, 5.74) is 1.16. The molecule has 3 atom stereocenters. The van der Waals surface area contributed by atoms with Crippen LogP contribution in [0.4, 0.5) is 0 Å². The van der Waals surface area contributed by atoms with Crippen molar-refractivity contribution in [2.24, 2.45) is 5.92 Å². The molecule has 140 valence electrons. The van der Waals surface area contributed by atoms with Gasteiger partial charge >= 0.3 is 5.97 Å². The molecule has 1 aromatic rings. The van der Waals surface area contributed by atoms with E-state index in [4.69, 9.17) is 14.6 Å². The number of unbranched alkanes of at least 4 members (excludes halogenated alkanes) is 1. The average Bonchev–Trinajstić information content (AvgIpc) is 3.05. The number of methoxy groups -OCH3 is 1. The predicted molar refractivity (Wildman–Crippen MR) is 101 cm³/mol. The molecule has 0 spiro atoms. The van der Waals surface area contributed by atoms with Crippen molar-refractivity contribution in [1.29, 1.82) is 0 Å². The molecule has 0 amide bonds. The summed E-state index contributed by atoms with van der Waals surface area (Å²) in [6.07, 6.45) is 5.80. The Bertz CT molecular complexity index is 561. The van der Waals surface area contributed by atoms with Crippen molar-refractivity contribution < 1.29 is 19.4 Å². The Morgan fingerprint density at radius 3 is 2.88 bits per heavy atom. The molecule has 5 heteroatoms. The van der Waals surface area contributed by atoms with Gasteiger partial charge in [-0.05, 0) is 63.6 Å². The highest BCUT2D eigenvalue weighted by Gasteiger charge is 2.35. The molecule has 1 aliphatic carbocycles. The molecule has 0 aromatic heterocycles. The molecule has 1 aromatic carbocycles. The van der Waals surface area contributed by atoms with Crippen LogP contribution in [0.25, 0.3) is 0 Å². The van der Waals surface area contributed by atoms with E-state index in [-0.39, 0.29) is 29.8 Å². The smallest absolute Gasteiger partial charge is 0.309 e. The van der Waals surface area contributed by atoms with Crippen LogP contribution in [0.5, 0.6) is 5.75 Å². The maximum absolute atomic E-state index is 12.0. The number of aryl methyl sites for hydroxylation is 1. The fourth-order valence-electron chi connectivity index (χ4n) is 3.28. The third kappa shape index (κ3) is 5.93. The molecule has 1 fully saturated rings. The number of ether oxygens (including phenoxy) is 2. The minimum Gasteiger partial charge on any atom is -0.490 e. The lowest BCUT2D eigenvalue weighted by molar-refractivity contribution is -0.144. The van der Waals surface area contributed by atoms with E-state index in [9.17, 15) is 4.79 Å². The maximum Gasteiger partial charge on any atom is 0.309 e. The molecule has 0 bridgehead atoms. The summed E-state index contributed by atoms with van der Waals surface area (Å²) in [5, 5.41) is 9.17. The van der Waals surface area contributed by atoms with Crippen molar-refractivity contribution in [2.45, 2.75) is 68.6 Å². The second kappa shape index (κ2) is 10.1. The highest BCUT2D eigenvalue weighted by Crippen LogP contribution is 2.43. The van der Waals surface area contributed by atoms with Gasteiger partial charge in [-0.2, -0.15) is 0 Å². The Balaban J connectivity index is 2.06. The van der Waals surface area contributed by atoms with E-state index in [1.54, 1.807) is 11.8 Å². The number of aliphatic hydroxyl groups is 1. The number of hydrogen-bond acceptors (Lipinski definition) is 5. The van der Waals surface area contributed by atoms with Crippen LogP contribution in [-0.4, -0.2) is 36.1 Å². The molecule has 1 N–H and O–H groups in total. The number of esters is 1. The number of aliphatic hydroxyl groups excluding tert-OH is 1. The van der Waals surface area contributed by atoms with Gasteiger partial charge in [0.25, 0.3) is 0 Å². The largest absolute Gasteiger partial charge is 0.490 e. The van der Waals surface area contributed by atoms with Crippen LogP contribution in [0.2, 0.25) is 0 Å². The molecule has 1 aliphatic rings. The van der Waals surface area contributed by atoms with Crippen LogP contribution in [-0.2, 0) is 9.53 Å². The minimum atomic E-state index is -0.0954. The summed E-state index contributed by atoms with van der Waals surface area (Å²) >= 11 is 1.74. The van der Waals surface area contributed by atoms with Gasteiger partial charge in [0.05, 0.1) is 19.1 Å². The van der Waals surface area contributed by atoms with Gasteiger partial charge in [0.15, 0.2) is 0 Å². The number of thioether (sulfide) groups is 1. The van der Waals surface area contributed by atoms with Gasteiger partial charge in [0.2, 0.25) is 0 Å². The molecular weight excluding hydrogens is 336 g/mol. The van der Waals surface area contributed by atoms with Crippen molar-refractivity contribution in [1.82, 2.24) is 0 Å². The van der Waals surface area contributed by atoms with Gasteiger partial charge in [-0.15, -0.1) is 11.8 Å². The summed E-state index contributed by atoms with van der Waals surface area (Å²) in [6.45, 7) is 4.36. The first kappa shape index (κ1) is 20.1. The van der Waals surface area contributed by atoms with Crippen molar-refractivity contribution in [3.8, 4) is 5.75 Å². The second-order valence-corrected chi connectivity index (χ2v) is 8.10. The molecule has 0 heterocycles. The number of carbonyl (C=O) groups excluding carboxylic acids is 1. The van der Waals surface area contributed by atoms with Crippen LogP contribution in [0.1, 0.15) is 51.0 Å². The number of carbonyl (C=O) groups is 1. The van der Waals surface area contributed by atoms with Crippen LogP contribution in [0.15, 0.2) is 23.1 Å². The zero-order valence-corrected chi connectivity index (χ0v) is 16.3. The lowest BCUT2D eigenvalue weighted by Gasteiger charge is -2.21. The zero-order chi connectivity index (χ0) is 18.2.